The minimum absolute atomic E-state index is 0.0840. The predicted octanol–water partition coefficient (Wildman–Crippen LogP) is 2.16. The van der Waals surface area contributed by atoms with Gasteiger partial charge in [-0.25, -0.2) is 0 Å². The molecule has 0 radical (unpaired) electrons. The quantitative estimate of drug-likeness (QED) is 0.802. The maximum Gasteiger partial charge on any atom is 0.106 e. The zero-order valence-electron chi connectivity index (χ0n) is 9.95. The van der Waals surface area contributed by atoms with Crippen LogP contribution in [0.4, 0.5) is 0 Å². The first-order valence-electron chi connectivity index (χ1n) is 5.42. The number of aliphatic hydroxyl groups excluding tert-OH is 1. The summed E-state index contributed by atoms with van der Waals surface area (Å²) in [6.07, 6.45) is -0.521. The lowest BCUT2D eigenvalue weighted by Gasteiger charge is -2.24. The molecule has 15 heavy (non-hydrogen) atoms. The Balaban J connectivity index is 2.92. The van der Waals surface area contributed by atoms with Gasteiger partial charge in [-0.2, -0.15) is 0 Å². The van der Waals surface area contributed by atoms with E-state index in [0.717, 1.165) is 17.1 Å². The maximum atomic E-state index is 10.2. The number of rotatable bonds is 4. The van der Waals surface area contributed by atoms with Gasteiger partial charge < -0.3 is 15.3 Å². The van der Waals surface area contributed by atoms with Crippen molar-refractivity contribution in [1.29, 1.82) is 0 Å². The molecule has 0 aliphatic rings. The van der Waals surface area contributed by atoms with Crippen molar-refractivity contribution in [3.8, 4) is 0 Å². The van der Waals surface area contributed by atoms with Crippen molar-refractivity contribution in [2.45, 2.75) is 33.8 Å². The van der Waals surface area contributed by atoms with Crippen molar-refractivity contribution < 1.29 is 9.52 Å². The number of nitrogens with two attached hydrogens (primary N) is 1. The van der Waals surface area contributed by atoms with E-state index in [1.54, 1.807) is 0 Å². The molecule has 1 aromatic heterocycles. The fraction of sp³-hybridized carbons (Fsp3) is 0.667. The summed E-state index contributed by atoms with van der Waals surface area (Å²) in [6.45, 7) is 8.39. The second-order valence-corrected chi connectivity index (χ2v) is 4.46. The molecule has 1 aromatic rings. The molecule has 0 spiro atoms. The number of aryl methyl sites for hydroxylation is 2. The molecular formula is C12H21NO2. The predicted molar refractivity (Wildman–Crippen MR) is 60.5 cm³/mol. The van der Waals surface area contributed by atoms with Crippen LogP contribution in [-0.4, -0.2) is 11.7 Å². The van der Waals surface area contributed by atoms with Crippen LogP contribution in [0.1, 0.15) is 37.0 Å². The third kappa shape index (κ3) is 2.61. The van der Waals surface area contributed by atoms with Gasteiger partial charge in [0.25, 0.3) is 0 Å². The van der Waals surface area contributed by atoms with Gasteiger partial charge in [0.05, 0.1) is 6.10 Å². The Kier molecular flexibility index (Phi) is 3.94. The molecule has 0 saturated carbocycles. The van der Waals surface area contributed by atoms with Crippen LogP contribution in [0.5, 0.6) is 0 Å². The highest BCUT2D eigenvalue weighted by atomic mass is 16.3. The molecule has 2 unspecified atom stereocenters. The highest BCUT2D eigenvalue weighted by Crippen LogP contribution is 2.30. The van der Waals surface area contributed by atoms with E-state index in [1.165, 1.54) is 0 Å². The first-order chi connectivity index (χ1) is 6.97. The SMILES string of the molecule is Cc1cc(C(O)C(CN)C(C)C)c(C)o1. The Hall–Kier alpha value is -0.800. The summed E-state index contributed by atoms with van der Waals surface area (Å²) < 4.78 is 5.41. The number of furan rings is 1. The standard InChI is InChI=1S/C12H21NO2/c1-7(2)11(6-13)12(14)10-5-8(3)15-9(10)4/h5,7,11-12,14H,6,13H2,1-4H3. The highest BCUT2D eigenvalue weighted by Gasteiger charge is 2.25. The Morgan fingerprint density at radius 1 is 1.40 bits per heavy atom. The first-order valence-corrected chi connectivity index (χ1v) is 5.42. The van der Waals surface area contributed by atoms with Gasteiger partial charge in [-0.05, 0) is 32.4 Å². The lowest BCUT2D eigenvalue weighted by Crippen LogP contribution is -2.26. The summed E-state index contributed by atoms with van der Waals surface area (Å²) in [5.74, 6) is 2.07. The molecule has 1 heterocycles. The smallest absolute Gasteiger partial charge is 0.106 e. The zero-order chi connectivity index (χ0) is 11.6. The third-order valence-corrected chi connectivity index (χ3v) is 2.93. The van der Waals surface area contributed by atoms with Crippen molar-refractivity contribution in [2.24, 2.45) is 17.6 Å². The summed E-state index contributed by atoms with van der Waals surface area (Å²) in [4.78, 5) is 0. The van der Waals surface area contributed by atoms with E-state index in [1.807, 2.05) is 19.9 Å². The molecule has 0 fully saturated rings. The van der Waals surface area contributed by atoms with E-state index in [0.29, 0.717) is 12.5 Å². The van der Waals surface area contributed by atoms with E-state index in [9.17, 15) is 5.11 Å². The van der Waals surface area contributed by atoms with Crippen LogP contribution in [0.2, 0.25) is 0 Å². The summed E-state index contributed by atoms with van der Waals surface area (Å²) in [7, 11) is 0. The van der Waals surface area contributed by atoms with Gasteiger partial charge in [-0.1, -0.05) is 13.8 Å². The molecule has 3 N–H and O–H groups in total. The molecule has 3 heteroatoms. The molecule has 2 atom stereocenters. The summed E-state index contributed by atoms with van der Waals surface area (Å²) in [5, 5.41) is 10.2. The van der Waals surface area contributed by atoms with E-state index < -0.39 is 6.10 Å². The molecule has 0 aliphatic heterocycles. The second-order valence-electron chi connectivity index (χ2n) is 4.46. The molecule has 0 bridgehead atoms. The summed E-state index contributed by atoms with van der Waals surface area (Å²) in [5.41, 5.74) is 6.55. The van der Waals surface area contributed by atoms with Crippen molar-refractivity contribution in [3.05, 3.63) is 23.2 Å². The van der Waals surface area contributed by atoms with Crippen molar-refractivity contribution in [3.63, 3.8) is 0 Å². The fourth-order valence-corrected chi connectivity index (χ4v) is 1.94. The van der Waals surface area contributed by atoms with Crippen molar-refractivity contribution in [2.75, 3.05) is 6.54 Å². The van der Waals surface area contributed by atoms with Gasteiger partial charge >= 0.3 is 0 Å². The van der Waals surface area contributed by atoms with Gasteiger partial charge in [0.2, 0.25) is 0 Å². The zero-order valence-corrected chi connectivity index (χ0v) is 9.95. The van der Waals surface area contributed by atoms with E-state index in [4.69, 9.17) is 10.2 Å². The molecule has 0 aliphatic carbocycles. The number of aliphatic hydroxyl groups is 1. The number of hydrogen-bond acceptors (Lipinski definition) is 3. The maximum absolute atomic E-state index is 10.2. The monoisotopic (exact) mass is 211 g/mol. The minimum atomic E-state index is -0.521. The Morgan fingerprint density at radius 3 is 2.33 bits per heavy atom. The van der Waals surface area contributed by atoms with Gasteiger partial charge in [-0.3, -0.25) is 0 Å². The third-order valence-electron chi connectivity index (χ3n) is 2.93. The molecule has 0 amide bonds. The van der Waals surface area contributed by atoms with Crippen molar-refractivity contribution >= 4 is 0 Å². The van der Waals surface area contributed by atoms with Gasteiger partial charge in [0.15, 0.2) is 0 Å². The lowest BCUT2D eigenvalue weighted by atomic mass is 9.86. The first kappa shape index (κ1) is 12.3. The Labute approximate surface area is 91.3 Å². The van der Waals surface area contributed by atoms with Gasteiger partial charge in [0, 0.05) is 11.5 Å². The van der Waals surface area contributed by atoms with Crippen LogP contribution in [0.25, 0.3) is 0 Å². The normalized spacial score (nSPS) is 15.7. The Bertz CT molecular complexity index is 317. The molecular weight excluding hydrogens is 190 g/mol. The lowest BCUT2D eigenvalue weighted by molar-refractivity contribution is 0.0848. The van der Waals surface area contributed by atoms with Crippen LogP contribution in [0, 0.1) is 25.7 Å². The van der Waals surface area contributed by atoms with E-state index >= 15 is 0 Å². The van der Waals surface area contributed by atoms with Gasteiger partial charge in [-0.15, -0.1) is 0 Å². The van der Waals surface area contributed by atoms with Crippen LogP contribution in [0.15, 0.2) is 10.5 Å². The van der Waals surface area contributed by atoms with Crippen LogP contribution < -0.4 is 5.73 Å². The number of hydrogen-bond donors (Lipinski definition) is 2. The fourth-order valence-electron chi connectivity index (χ4n) is 1.94. The van der Waals surface area contributed by atoms with E-state index in [2.05, 4.69) is 13.8 Å². The van der Waals surface area contributed by atoms with E-state index in [-0.39, 0.29) is 5.92 Å². The summed E-state index contributed by atoms with van der Waals surface area (Å²) in [6, 6.07) is 1.89. The topological polar surface area (TPSA) is 59.4 Å². The van der Waals surface area contributed by atoms with Gasteiger partial charge in [0.1, 0.15) is 11.5 Å². The Morgan fingerprint density at radius 2 is 2.00 bits per heavy atom. The van der Waals surface area contributed by atoms with Crippen LogP contribution in [-0.2, 0) is 0 Å². The molecule has 3 nitrogen and oxygen atoms in total. The van der Waals surface area contributed by atoms with Crippen LogP contribution >= 0.6 is 0 Å². The average Bonchev–Trinajstić information content (AvgIpc) is 2.45. The second kappa shape index (κ2) is 4.81. The summed E-state index contributed by atoms with van der Waals surface area (Å²) >= 11 is 0. The van der Waals surface area contributed by atoms with Crippen LogP contribution in [0.3, 0.4) is 0 Å². The molecule has 0 saturated heterocycles. The molecule has 86 valence electrons. The largest absolute Gasteiger partial charge is 0.466 e. The molecule has 0 aromatic carbocycles. The van der Waals surface area contributed by atoms with Crippen molar-refractivity contribution in [1.82, 2.24) is 0 Å². The highest BCUT2D eigenvalue weighted by molar-refractivity contribution is 5.23. The molecule has 1 rings (SSSR count). The average molecular weight is 211 g/mol. The minimum Gasteiger partial charge on any atom is -0.466 e.